The summed E-state index contributed by atoms with van der Waals surface area (Å²) >= 11 is 0. The molecule has 0 fully saturated rings. The molecule has 3 aromatic carbocycles. The summed E-state index contributed by atoms with van der Waals surface area (Å²) in [4.78, 5) is 4.67. The number of aromatic nitrogens is 2. The van der Waals surface area contributed by atoms with Crippen molar-refractivity contribution in [2.75, 3.05) is 19.8 Å². The Balaban J connectivity index is 1.52. The Labute approximate surface area is 186 Å². The first kappa shape index (κ1) is 19.9. The highest BCUT2D eigenvalue weighted by molar-refractivity contribution is 5.90. The van der Waals surface area contributed by atoms with Crippen LogP contribution in [0.3, 0.4) is 0 Å². The van der Waals surface area contributed by atoms with Crippen LogP contribution in [0.25, 0.3) is 16.9 Å². The average Bonchev–Trinajstić information content (AvgIpc) is 3.28. The molecule has 0 N–H and O–H groups in total. The third kappa shape index (κ3) is 4.21. The summed E-state index contributed by atoms with van der Waals surface area (Å²) in [5, 5.41) is 4.86. The zero-order valence-electron chi connectivity index (χ0n) is 17.8. The predicted molar refractivity (Wildman–Crippen MR) is 125 cm³/mol. The van der Waals surface area contributed by atoms with Crippen LogP contribution < -0.4 is 14.2 Å². The molecule has 4 aromatic rings. The molecule has 0 spiro atoms. The van der Waals surface area contributed by atoms with E-state index in [4.69, 9.17) is 19.3 Å². The maximum absolute atomic E-state index is 5.77. The van der Waals surface area contributed by atoms with Crippen molar-refractivity contribution in [2.45, 2.75) is 6.92 Å². The number of rotatable bonds is 6. The third-order valence-corrected chi connectivity index (χ3v) is 5.08. The van der Waals surface area contributed by atoms with Crippen LogP contribution in [0.2, 0.25) is 0 Å². The van der Waals surface area contributed by atoms with Crippen molar-refractivity contribution >= 4 is 11.9 Å². The molecular formula is C26H23N3O3. The zero-order valence-corrected chi connectivity index (χ0v) is 17.8. The molecule has 0 amide bonds. The van der Waals surface area contributed by atoms with Gasteiger partial charge in [-0.25, -0.2) is 4.68 Å². The second-order valence-electron chi connectivity index (χ2n) is 7.26. The fourth-order valence-electron chi connectivity index (χ4n) is 3.55. The van der Waals surface area contributed by atoms with Crippen molar-refractivity contribution in [1.29, 1.82) is 0 Å². The molecule has 0 unspecified atom stereocenters. The normalized spacial score (nSPS) is 12.8. The van der Waals surface area contributed by atoms with Gasteiger partial charge in [0.05, 0.1) is 18.0 Å². The van der Waals surface area contributed by atoms with Crippen molar-refractivity contribution in [3.8, 4) is 34.2 Å². The van der Waals surface area contributed by atoms with Crippen molar-refractivity contribution in [3.05, 3.63) is 84.6 Å². The minimum absolute atomic E-state index is 0.543. The summed E-state index contributed by atoms with van der Waals surface area (Å²) in [6.45, 7) is 3.71. The predicted octanol–water partition coefficient (Wildman–Crippen LogP) is 5.46. The van der Waals surface area contributed by atoms with E-state index in [2.05, 4.69) is 4.99 Å². The van der Waals surface area contributed by atoms with Gasteiger partial charge in [0.25, 0.3) is 0 Å². The smallest absolute Gasteiger partial charge is 0.162 e. The quantitative estimate of drug-likeness (QED) is 0.385. The lowest BCUT2D eigenvalue weighted by atomic mass is 10.1. The number of hydrogen-bond acceptors (Lipinski definition) is 5. The van der Waals surface area contributed by atoms with Gasteiger partial charge in [0.15, 0.2) is 11.5 Å². The molecule has 0 atom stereocenters. The fraction of sp³-hybridized carbons (Fsp3) is 0.154. The van der Waals surface area contributed by atoms with Crippen LogP contribution in [0.1, 0.15) is 12.5 Å². The van der Waals surface area contributed by atoms with Gasteiger partial charge < -0.3 is 14.2 Å². The Hall–Kier alpha value is -4.06. The Bertz CT molecular complexity index is 1230. The van der Waals surface area contributed by atoms with Crippen LogP contribution in [0.5, 0.6) is 17.2 Å². The number of aliphatic imine (C=N–C) groups is 1. The number of ether oxygens (including phenoxy) is 3. The van der Waals surface area contributed by atoms with E-state index in [1.165, 1.54) is 0 Å². The SMILES string of the molecule is CCOc1ccc(N=Cc2cn(-c3ccccc3)nc2-c2ccc3c(c2)OCCO3)cc1. The van der Waals surface area contributed by atoms with E-state index in [-0.39, 0.29) is 0 Å². The number of hydrogen-bond donors (Lipinski definition) is 0. The lowest BCUT2D eigenvalue weighted by Gasteiger charge is -2.18. The fourth-order valence-corrected chi connectivity index (χ4v) is 3.55. The van der Waals surface area contributed by atoms with Crippen LogP contribution in [0.15, 0.2) is 84.0 Å². The molecule has 0 bridgehead atoms. The van der Waals surface area contributed by atoms with Gasteiger partial charge in [0.1, 0.15) is 24.7 Å². The highest BCUT2D eigenvalue weighted by atomic mass is 16.6. The van der Waals surface area contributed by atoms with Gasteiger partial charge >= 0.3 is 0 Å². The van der Waals surface area contributed by atoms with Crippen molar-refractivity contribution in [3.63, 3.8) is 0 Å². The summed E-state index contributed by atoms with van der Waals surface area (Å²) in [6.07, 6.45) is 3.83. The molecule has 0 saturated carbocycles. The van der Waals surface area contributed by atoms with E-state index < -0.39 is 0 Å². The molecular weight excluding hydrogens is 402 g/mol. The Morgan fingerprint density at radius 1 is 0.969 bits per heavy atom. The van der Waals surface area contributed by atoms with E-state index in [1.54, 1.807) is 0 Å². The van der Waals surface area contributed by atoms with E-state index >= 15 is 0 Å². The second-order valence-corrected chi connectivity index (χ2v) is 7.26. The van der Waals surface area contributed by atoms with Crippen LogP contribution in [0, 0.1) is 0 Å². The van der Waals surface area contributed by atoms with E-state index in [0.717, 1.165) is 45.4 Å². The number of para-hydroxylation sites is 1. The Morgan fingerprint density at radius 2 is 1.75 bits per heavy atom. The molecule has 6 heteroatoms. The molecule has 160 valence electrons. The second kappa shape index (κ2) is 8.98. The van der Waals surface area contributed by atoms with Gasteiger partial charge in [-0.15, -0.1) is 0 Å². The maximum Gasteiger partial charge on any atom is 0.162 e. The van der Waals surface area contributed by atoms with Crippen LogP contribution in [-0.4, -0.2) is 35.8 Å². The molecule has 5 rings (SSSR count). The molecule has 0 radical (unpaired) electrons. The number of fused-ring (bicyclic) bond motifs is 1. The van der Waals surface area contributed by atoms with Gasteiger partial charge in [-0.1, -0.05) is 18.2 Å². The third-order valence-electron chi connectivity index (χ3n) is 5.08. The summed E-state index contributed by atoms with van der Waals surface area (Å²) in [7, 11) is 0. The first-order chi connectivity index (χ1) is 15.8. The highest BCUT2D eigenvalue weighted by Gasteiger charge is 2.16. The topological polar surface area (TPSA) is 57.9 Å². The van der Waals surface area contributed by atoms with Gasteiger partial charge in [0.2, 0.25) is 0 Å². The largest absolute Gasteiger partial charge is 0.494 e. The van der Waals surface area contributed by atoms with Crippen molar-refractivity contribution in [1.82, 2.24) is 9.78 Å². The molecule has 32 heavy (non-hydrogen) atoms. The molecule has 1 aliphatic heterocycles. The van der Waals surface area contributed by atoms with Crippen LogP contribution >= 0.6 is 0 Å². The molecule has 0 aliphatic carbocycles. The first-order valence-corrected chi connectivity index (χ1v) is 10.6. The minimum atomic E-state index is 0.543. The van der Waals surface area contributed by atoms with Crippen LogP contribution in [-0.2, 0) is 0 Å². The summed E-state index contributed by atoms with van der Waals surface area (Å²) < 4.78 is 18.8. The summed E-state index contributed by atoms with van der Waals surface area (Å²) in [6, 6.07) is 23.6. The summed E-state index contributed by atoms with van der Waals surface area (Å²) in [5.74, 6) is 2.32. The lowest BCUT2D eigenvalue weighted by molar-refractivity contribution is 0.171. The zero-order chi connectivity index (χ0) is 21.8. The van der Waals surface area contributed by atoms with Gasteiger partial charge in [-0.3, -0.25) is 4.99 Å². The molecule has 1 aromatic heterocycles. The minimum Gasteiger partial charge on any atom is -0.494 e. The standard InChI is InChI=1S/C26H23N3O3/c1-2-30-23-11-9-21(10-12-23)27-17-20-18-29(22-6-4-3-5-7-22)28-26(20)19-8-13-24-25(16-19)32-15-14-31-24/h3-13,16-18H,2,14-15H2,1H3. The Morgan fingerprint density at radius 3 is 2.53 bits per heavy atom. The van der Waals surface area contributed by atoms with Gasteiger partial charge in [0, 0.05) is 23.5 Å². The van der Waals surface area contributed by atoms with E-state index in [0.29, 0.717) is 19.8 Å². The molecule has 0 saturated heterocycles. The lowest BCUT2D eigenvalue weighted by Crippen LogP contribution is -2.15. The van der Waals surface area contributed by atoms with Gasteiger partial charge in [-0.2, -0.15) is 5.10 Å². The summed E-state index contributed by atoms with van der Waals surface area (Å²) in [5.41, 5.74) is 4.48. The van der Waals surface area contributed by atoms with Crippen molar-refractivity contribution in [2.24, 2.45) is 4.99 Å². The molecule has 2 heterocycles. The monoisotopic (exact) mass is 425 g/mol. The maximum atomic E-state index is 5.77. The number of nitrogens with zero attached hydrogens (tertiary/aromatic N) is 3. The van der Waals surface area contributed by atoms with E-state index in [1.807, 2.05) is 96.8 Å². The van der Waals surface area contributed by atoms with Crippen LogP contribution in [0.4, 0.5) is 5.69 Å². The van der Waals surface area contributed by atoms with E-state index in [9.17, 15) is 0 Å². The Kier molecular flexibility index (Phi) is 5.58. The molecule has 6 nitrogen and oxygen atoms in total. The first-order valence-electron chi connectivity index (χ1n) is 10.6. The number of benzene rings is 3. The highest BCUT2D eigenvalue weighted by Crippen LogP contribution is 2.35. The molecule has 1 aliphatic rings. The van der Waals surface area contributed by atoms with Crippen molar-refractivity contribution < 1.29 is 14.2 Å². The van der Waals surface area contributed by atoms with Gasteiger partial charge in [-0.05, 0) is 61.5 Å². The average molecular weight is 425 g/mol.